The van der Waals surface area contributed by atoms with Crippen LogP contribution in [0.1, 0.15) is 72.1 Å². The molecule has 0 fully saturated rings. The fourth-order valence-corrected chi connectivity index (χ4v) is 2.40. The van der Waals surface area contributed by atoms with Crippen LogP contribution in [0.4, 0.5) is 0 Å². The van der Waals surface area contributed by atoms with Gasteiger partial charge in [-0.3, -0.25) is 0 Å². The third kappa shape index (κ3) is 10.2. The predicted molar refractivity (Wildman–Crippen MR) is 91.7 cm³/mol. The molecule has 0 radical (unpaired) electrons. The highest BCUT2D eigenvalue weighted by atomic mass is 14.6. The lowest BCUT2D eigenvalue weighted by atomic mass is 9.92. The van der Waals surface area contributed by atoms with Gasteiger partial charge in [-0.2, -0.15) is 0 Å². The molecule has 0 aliphatic carbocycles. The van der Waals surface area contributed by atoms with E-state index in [1.165, 1.54) is 12.8 Å². The number of hydrogen-bond acceptors (Lipinski definition) is 2. The molecule has 0 saturated heterocycles. The second-order valence-corrected chi connectivity index (χ2v) is 5.74. The smallest absolute Gasteiger partial charge is 0.0102 e. The zero-order valence-corrected chi connectivity index (χ0v) is 13.9. The van der Waals surface area contributed by atoms with Crippen LogP contribution in [0.2, 0.25) is 0 Å². The fraction of sp³-hybridized carbons (Fsp3) is 0.778. The Labute approximate surface area is 126 Å². The van der Waals surface area contributed by atoms with Crippen molar-refractivity contribution in [2.75, 3.05) is 0 Å². The van der Waals surface area contributed by atoms with Crippen LogP contribution in [0.3, 0.4) is 0 Å². The van der Waals surface area contributed by atoms with Gasteiger partial charge in [0.1, 0.15) is 0 Å². The quantitative estimate of drug-likeness (QED) is 0.407. The molecule has 0 aliphatic rings. The van der Waals surface area contributed by atoms with Crippen molar-refractivity contribution in [2.45, 2.75) is 84.2 Å². The Bertz CT molecular complexity index is 254. The van der Waals surface area contributed by atoms with Gasteiger partial charge in [-0.1, -0.05) is 57.9 Å². The van der Waals surface area contributed by atoms with Gasteiger partial charge >= 0.3 is 0 Å². The average molecular weight is 280 g/mol. The Morgan fingerprint density at radius 2 is 1.30 bits per heavy atom. The van der Waals surface area contributed by atoms with Crippen LogP contribution < -0.4 is 11.5 Å². The van der Waals surface area contributed by atoms with Crippen LogP contribution in [-0.2, 0) is 0 Å². The van der Waals surface area contributed by atoms with Crippen LogP contribution in [0.25, 0.3) is 0 Å². The monoisotopic (exact) mass is 280 g/mol. The number of hydrogen-bond donors (Lipinski definition) is 2. The normalized spacial score (nSPS) is 15.5. The summed E-state index contributed by atoms with van der Waals surface area (Å²) in [5, 5.41) is 0. The second-order valence-electron chi connectivity index (χ2n) is 5.74. The molecule has 0 bridgehead atoms. The lowest BCUT2D eigenvalue weighted by Crippen LogP contribution is -2.28. The van der Waals surface area contributed by atoms with E-state index in [9.17, 15) is 0 Å². The third-order valence-electron chi connectivity index (χ3n) is 4.12. The Kier molecular flexibility index (Phi) is 13.0. The van der Waals surface area contributed by atoms with E-state index in [2.05, 4.69) is 45.1 Å². The standard InChI is InChI=1S/C18H36N2/c1-4-16(5-2)18(20)15-13-11-9-7-8-10-12-14-17(19)6-3/h8,10-11,13,16-18H,4-7,9,12,14-15,19-20H2,1-3H3. The van der Waals surface area contributed by atoms with Crippen LogP contribution >= 0.6 is 0 Å². The molecule has 118 valence electrons. The number of allylic oxidation sites excluding steroid dienone is 3. The molecule has 0 rings (SSSR count). The summed E-state index contributed by atoms with van der Waals surface area (Å²) in [4.78, 5) is 0. The summed E-state index contributed by atoms with van der Waals surface area (Å²) in [5.41, 5.74) is 12.1. The maximum absolute atomic E-state index is 6.18. The Morgan fingerprint density at radius 1 is 0.750 bits per heavy atom. The third-order valence-corrected chi connectivity index (χ3v) is 4.12. The van der Waals surface area contributed by atoms with Gasteiger partial charge in [-0.25, -0.2) is 0 Å². The molecule has 2 heteroatoms. The first-order valence-electron chi connectivity index (χ1n) is 8.46. The summed E-state index contributed by atoms with van der Waals surface area (Å²) >= 11 is 0. The largest absolute Gasteiger partial charge is 0.328 e. The highest BCUT2D eigenvalue weighted by molar-refractivity contribution is 4.91. The fourth-order valence-electron chi connectivity index (χ4n) is 2.40. The molecule has 0 amide bonds. The lowest BCUT2D eigenvalue weighted by molar-refractivity contribution is 0.397. The number of nitrogens with two attached hydrogens (primary N) is 2. The van der Waals surface area contributed by atoms with E-state index in [-0.39, 0.29) is 0 Å². The van der Waals surface area contributed by atoms with Crippen molar-refractivity contribution in [3.05, 3.63) is 24.3 Å². The van der Waals surface area contributed by atoms with Crippen molar-refractivity contribution in [2.24, 2.45) is 17.4 Å². The molecule has 0 saturated carbocycles. The van der Waals surface area contributed by atoms with Gasteiger partial charge in [-0.15, -0.1) is 0 Å². The van der Waals surface area contributed by atoms with E-state index in [1.807, 2.05) is 0 Å². The van der Waals surface area contributed by atoms with Gasteiger partial charge < -0.3 is 11.5 Å². The van der Waals surface area contributed by atoms with E-state index < -0.39 is 0 Å². The minimum atomic E-state index is 0.326. The predicted octanol–water partition coefficient (Wildman–Crippen LogP) is 4.55. The molecule has 0 aromatic heterocycles. The van der Waals surface area contributed by atoms with E-state index in [0.717, 1.165) is 38.5 Å². The van der Waals surface area contributed by atoms with Crippen molar-refractivity contribution in [3.8, 4) is 0 Å². The summed E-state index contributed by atoms with van der Waals surface area (Å²) in [6.07, 6.45) is 18.0. The van der Waals surface area contributed by atoms with Gasteiger partial charge in [0.25, 0.3) is 0 Å². The lowest BCUT2D eigenvalue weighted by Gasteiger charge is -2.19. The summed E-state index contributed by atoms with van der Waals surface area (Å²) < 4.78 is 0. The second kappa shape index (κ2) is 13.4. The first kappa shape index (κ1) is 19.4. The average Bonchev–Trinajstić information content (AvgIpc) is 2.46. The first-order chi connectivity index (χ1) is 9.65. The molecule has 0 aliphatic heterocycles. The Morgan fingerprint density at radius 3 is 1.85 bits per heavy atom. The van der Waals surface area contributed by atoms with Crippen molar-refractivity contribution in [1.29, 1.82) is 0 Å². The molecular weight excluding hydrogens is 244 g/mol. The summed E-state index contributed by atoms with van der Waals surface area (Å²) in [7, 11) is 0. The Balaban J connectivity index is 3.59. The van der Waals surface area contributed by atoms with Crippen molar-refractivity contribution in [3.63, 3.8) is 0 Å². The zero-order chi connectivity index (χ0) is 15.2. The van der Waals surface area contributed by atoms with E-state index in [4.69, 9.17) is 11.5 Å². The summed E-state index contributed by atoms with van der Waals surface area (Å²) in [6, 6.07) is 0.693. The zero-order valence-electron chi connectivity index (χ0n) is 13.9. The van der Waals surface area contributed by atoms with Crippen LogP contribution in [0.5, 0.6) is 0 Å². The SMILES string of the molecule is CCC(N)CCC=CCCC=CCC(N)C(CC)CC. The molecule has 0 aromatic carbocycles. The molecule has 20 heavy (non-hydrogen) atoms. The molecule has 2 atom stereocenters. The summed E-state index contributed by atoms with van der Waals surface area (Å²) in [6.45, 7) is 6.60. The maximum Gasteiger partial charge on any atom is 0.0102 e. The van der Waals surface area contributed by atoms with Crippen molar-refractivity contribution >= 4 is 0 Å². The minimum Gasteiger partial charge on any atom is -0.328 e. The van der Waals surface area contributed by atoms with Gasteiger partial charge in [0.2, 0.25) is 0 Å². The van der Waals surface area contributed by atoms with Gasteiger partial charge in [0, 0.05) is 12.1 Å². The minimum absolute atomic E-state index is 0.326. The molecule has 0 spiro atoms. The first-order valence-corrected chi connectivity index (χ1v) is 8.46. The molecule has 2 unspecified atom stereocenters. The van der Waals surface area contributed by atoms with E-state index >= 15 is 0 Å². The molecular formula is C18H36N2. The topological polar surface area (TPSA) is 52.0 Å². The van der Waals surface area contributed by atoms with Crippen LogP contribution in [0, 0.1) is 5.92 Å². The molecule has 2 nitrogen and oxygen atoms in total. The summed E-state index contributed by atoms with van der Waals surface area (Å²) in [5.74, 6) is 0.669. The van der Waals surface area contributed by atoms with E-state index in [0.29, 0.717) is 18.0 Å². The number of unbranched alkanes of at least 4 members (excludes halogenated alkanes) is 1. The van der Waals surface area contributed by atoms with Crippen molar-refractivity contribution in [1.82, 2.24) is 0 Å². The molecule has 0 aromatic rings. The highest BCUT2D eigenvalue weighted by Gasteiger charge is 2.11. The van der Waals surface area contributed by atoms with E-state index in [1.54, 1.807) is 0 Å². The van der Waals surface area contributed by atoms with Crippen LogP contribution in [0.15, 0.2) is 24.3 Å². The van der Waals surface area contributed by atoms with Gasteiger partial charge in [-0.05, 0) is 44.4 Å². The molecule has 4 N–H and O–H groups in total. The Hall–Kier alpha value is -0.600. The number of rotatable bonds is 12. The van der Waals surface area contributed by atoms with Crippen LogP contribution in [-0.4, -0.2) is 12.1 Å². The highest BCUT2D eigenvalue weighted by Crippen LogP contribution is 2.14. The maximum atomic E-state index is 6.18. The van der Waals surface area contributed by atoms with Gasteiger partial charge in [0.15, 0.2) is 0 Å². The molecule has 0 heterocycles. The van der Waals surface area contributed by atoms with Gasteiger partial charge in [0.05, 0.1) is 0 Å². The van der Waals surface area contributed by atoms with Crippen molar-refractivity contribution < 1.29 is 0 Å².